The third-order valence-electron chi connectivity index (χ3n) is 6.34. The van der Waals surface area contributed by atoms with Crippen LogP contribution in [0.2, 0.25) is 5.02 Å². The number of fused-ring (bicyclic) bond motifs is 1. The molecule has 0 amide bonds. The third kappa shape index (κ3) is 7.19. The minimum absolute atomic E-state index is 0.0867. The number of ether oxygens (including phenoxy) is 5. The summed E-state index contributed by atoms with van der Waals surface area (Å²) in [6.45, 7) is 9.05. The number of thiazole rings is 1. The average molecular weight is 708 g/mol. The van der Waals surface area contributed by atoms with E-state index in [2.05, 4.69) is 20.9 Å². The first-order valence-corrected chi connectivity index (χ1v) is 15.8. The molecule has 2 heterocycles. The Morgan fingerprint density at radius 1 is 1.14 bits per heavy atom. The molecule has 4 rings (SSSR count). The Balaban J connectivity index is 1.83. The Kier molecular flexibility index (Phi) is 10.9. The van der Waals surface area contributed by atoms with Gasteiger partial charge in [-0.25, -0.2) is 14.6 Å². The fourth-order valence-corrected chi connectivity index (χ4v) is 6.63. The van der Waals surface area contributed by atoms with E-state index in [-0.39, 0.29) is 47.8 Å². The van der Waals surface area contributed by atoms with Crippen LogP contribution in [0.1, 0.15) is 51.8 Å². The number of carbonyl (C=O) groups is 2. The molecule has 1 atom stereocenters. The molecule has 0 radical (unpaired) electrons. The zero-order valence-electron chi connectivity index (χ0n) is 25.1. The zero-order valence-corrected chi connectivity index (χ0v) is 28.2. The van der Waals surface area contributed by atoms with Crippen molar-refractivity contribution >= 4 is 56.9 Å². The lowest BCUT2D eigenvalue weighted by Gasteiger charge is -2.25. The fourth-order valence-electron chi connectivity index (χ4n) is 4.60. The Morgan fingerprint density at radius 3 is 2.50 bits per heavy atom. The van der Waals surface area contributed by atoms with Crippen LogP contribution in [0.5, 0.6) is 17.2 Å². The second kappa shape index (κ2) is 14.4. The van der Waals surface area contributed by atoms with E-state index < -0.39 is 18.0 Å². The summed E-state index contributed by atoms with van der Waals surface area (Å²) in [7, 11) is 1.53. The van der Waals surface area contributed by atoms with Crippen molar-refractivity contribution in [1.82, 2.24) is 4.57 Å². The zero-order chi connectivity index (χ0) is 32.1. The van der Waals surface area contributed by atoms with E-state index in [4.69, 9.17) is 35.3 Å². The predicted octanol–water partition coefficient (Wildman–Crippen LogP) is 4.95. The quantitative estimate of drug-likeness (QED) is 0.257. The number of rotatable bonds is 11. The highest BCUT2D eigenvalue weighted by Crippen LogP contribution is 2.37. The van der Waals surface area contributed by atoms with Crippen molar-refractivity contribution in [2.75, 3.05) is 26.9 Å². The molecule has 3 aromatic rings. The first kappa shape index (κ1) is 33.3. The van der Waals surface area contributed by atoms with Crippen molar-refractivity contribution in [2.45, 2.75) is 46.8 Å². The molecule has 234 valence electrons. The van der Waals surface area contributed by atoms with Gasteiger partial charge < -0.3 is 23.7 Å². The molecule has 13 heteroatoms. The molecule has 0 fully saturated rings. The van der Waals surface area contributed by atoms with Crippen molar-refractivity contribution in [3.05, 3.63) is 81.9 Å². The van der Waals surface area contributed by atoms with E-state index >= 15 is 0 Å². The van der Waals surface area contributed by atoms with Crippen LogP contribution in [-0.2, 0) is 19.1 Å². The molecule has 0 unspecified atom stereocenters. The maximum atomic E-state index is 14.0. The molecule has 1 aromatic heterocycles. The van der Waals surface area contributed by atoms with Crippen molar-refractivity contribution in [1.29, 1.82) is 0 Å². The molecule has 0 aliphatic carbocycles. The lowest BCUT2D eigenvalue weighted by Crippen LogP contribution is -2.40. The second-order valence-electron chi connectivity index (χ2n) is 9.79. The van der Waals surface area contributed by atoms with Gasteiger partial charge in [0.1, 0.15) is 0 Å². The number of nitrogens with zero attached hydrogens (tertiary/aromatic N) is 2. The number of methoxy groups -OCH3 is 1. The van der Waals surface area contributed by atoms with Gasteiger partial charge in [0, 0.05) is 0 Å². The number of benzene rings is 2. The Morgan fingerprint density at radius 2 is 1.86 bits per heavy atom. The topological polar surface area (TPSA) is 115 Å². The van der Waals surface area contributed by atoms with Gasteiger partial charge in [-0.1, -0.05) is 29.0 Å². The molecule has 2 aromatic carbocycles. The summed E-state index contributed by atoms with van der Waals surface area (Å²) < 4.78 is 29.6. The smallest absolute Gasteiger partial charge is 0.344 e. The number of allylic oxidation sites excluding steroid dienone is 1. The van der Waals surface area contributed by atoms with Crippen LogP contribution in [0.25, 0.3) is 6.08 Å². The number of aromatic nitrogens is 1. The van der Waals surface area contributed by atoms with E-state index in [1.54, 1.807) is 57.2 Å². The van der Waals surface area contributed by atoms with Gasteiger partial charge in [0.15, 0.2) is 28.7 Å². The minimum atomic E-state index is -0.830. The van der Waals surface area contributed by atoms with Gasteiger partial charge in [-0.15, -0.1) is 0 Å². The van der Waals surface area contributed by atoms with E-state index in [0.717, 1.165) is 0 Å². The first-order chi connectivity index (χ1) is 21.0. The SMILES string of the molecule is CCOC(=O)COc1c(Cl)cc(/C=c2\sc3n(c2=O)[C@@H](c2ccc(OC(C)C)c(OC)c2)C(C(=O)OCC)=C(C)N=3)cc1Br. The lowest BCUT2D eigenvalue weighted by molar-refractivity contribution is -0.145. The number of carbonyl (C=O) groups excluding carboxylic acids is 2. The van der Waals surface area contributed by atoms with E-state index in [0.29, 0.717) is 42.1 Å². The summed E-state index contributed by atoms with van der Waals surface area (Å²) in [5.41, 5.74) is 1.56. The van der Waals surface area contributed by atoms with Gasteiger partial charge >= 0.3 is 11.9 Å². The molecule has 0 saturated heterocycles. The highest BCUT2D eigenvalue weighted by molar-refractivity contribution is 9.10. The molecule has 10 nitrogen and oxygen atoms in total. The maximum absolute atomic E-state index is 14.0. The normalized spacial score (nSPS) is 14.7. The average Bonchev–Trinajstić information content (AvgIpc) is 3.25. The minimum Gasteiger partial charge on any atom is -0.493 e. The van der Waals surface area contributed by atoms with Gasteiger partial charge in [-0.2, -0.15) is 0 Å². The van der Waals surface area contributed by atoms with Crippen LogP contribution >= 0.6 is 38.9 Å². The van der Waals surface area contributed by atoms with E-state index in [1.807, 2.05) is 13.8 Å². The Labute approximate surface area is 271 Å². The monoisotopic (exact) mass is 706 g/mol. The van der Waals surface area contributed by atoms with Crippen molar-refractivity contribution in [3.63, 3.8) is 0 Å². The van der Waals surface area contributed by atoms with Crippen LogP contribution in [-0.4, -0.2) is 49.5 Å². The van der Waals surface area contributed by atoms with Crippen molar-refractivity contribution < 1.29 is 33.3 Å². The van der Waals surface area contributed by atoms with Gasteiger partial charge in [0.2, 0.25) is 0 Å². The molecule has 44 heavy (non-hydrogen) atoms. The standard InChI is InChI=1S/C31H32BrClN2O8S/c1-7-40-25(36)15-42-28-20(32)11-18(12-21(28)33)13-24-29(37)35-27(19-9-10-22(43-16(3)4)23(14-19)39-6)26(30(38)41-8-2)17(5)34-31(35)44-24/h9-14,16,27H,7-8,15H2,1-6H3/b24-13-/t27-/m0/s1. The predicted molar refractivity (Wildman–Crippen MR) is 170 cm³/mol. The maximum Gasteiger partial charge on any atom is 0.344 e. The van der Waals surface area contributed by atoms with E-state index in [1.165, 1.54) is 23.0 Å². The summed E-state index contributed by atoms with van der Waals surface area (Å²) >= 11 is 11.1. The fraction of sp³-hybridized carbons (Fsp3) is 0.355. The van der Waals surface area contributed by atoms with Crippen LogP contribution < -0.4 is 29.1 Å². The van der Waals surface area contributed by atoms with Gasteiger partial charge in [-0.05, 0) is 92.0 Å². The summed E-state index contributed by atoms with van der Waals surface area (Å²) in [5.74, 6) is 0.179. The van der Waals surface area contributed by atoms with Crippen molar-refractivity contribution in [3.8, 4) is 17.2 Å². The van der Waals surface area contributed by atoms with Gasteiger partial charge in [-0.3, -0.25) is 9.36 Å². The molecular weight excluding hydrogens is 676 g/mol. The van der Waals surface area contributed by atoms with Crippen LogP contribution in [0, 0.1) is 0 Å². The summed E-state index contributed by atoms with van der Waals surface area (Å²) in [6, 6.07) is 7.82. The van der Waals surface area contributed by atoms with Gasteiger partial charge in [0.25, 0.3) is 5.56 Å². The highest BCUT2D eigenvalue weighted by Gasteiger charge is 2.34. The molecule has 0 spiro atoms. The largest absolute Gasteiger partial charge is 0.493 e. The number of halogens is 2. The number of esters is 2. The number of hydrogen-bond donors (Lipinski definition) is 0. The van der Waals surface area contributed by atoms with Gasteiger partial charge in [0.05, 0.1) is 57.8 Å². The summed E-state index contributed by atoms with van der Waals surface area (Å²) in [6.07, 6.45) is 1.59. The lowest BCUT2D eigenvalue weighted by atomic mass is 9.95. The molecular formula is C31H32BrClN2O8S. The third-order valence-corrected chi connectivity index (χ3v) is 8.19. The summed E-state index contributed by atoms with van der Waals surface area (Å²) in [5, 5.41) is 0.233. The van der Waals surface area contributed by atoms with Crippen LogP contribution in [0.15, 0.2) is 55.9 Å². The van der Waals surface area contributed by atoms with Crippen LogP contribution in [0.3, 0.4) is 0 Å². The Hall–Kier alpha value is -3.61. The first-order valence-electron chi connectivity index (χ1n) is 13.8. The second-order valence-corrected chi connectivity index (χ2v) is 12.1. The Bertz CT molecular complexity index is 1770. The summed E-state index contributed by atoms with van der Waals surface area (Å²) in [4.78, 5) is 44.0. The van der Waals surface area contributed by atoms with E-state index in [9.17, 15) is 14.4 Å². The molecule has 0 bridgehead atoms. The highest BCUT2D eigenvalue weighted by atomic mass is 79.9. The molecule has 0 saturated carbocycles. The molecule has 0 N–H and O–H groups in total. The number of hydrogen-bond acceptors (Lipinski definition) is 10. The van der Waals surface area contributed by atoms with Crippen molar-refractivity contribution in [2.24, 2.45) is 4.99 Å². The molecule has 1 aliphatic heterocycles. The molecule has 1 aliphatic rings. The van der Waals surface area contributed by atoms with Crippen LogP contribution in [0.4, 0.5) is 0 Å².